The van der Waals surface area contributed by atoms with E-state index in [-0.39, 0.29) is 6.03 Å². The summed E-state index contributed by atoms with van der Waals surface area (Å²) in [5, 5.41) is 2.96. The molecule has 1 N–H and O–H groups in total. The van der Waals surface area contributed by atoms with Gasteiger partial charge in [0, 0.05) is 18.8 Å². The number of nitrogens with zero attached hydrogens (tertiary/aromatic N) is 1. The van der Waals surface area contributed by atoms with E-state index in [1.54, 1.807) is 7.11 Å². The highest BCUT2D eigenvalue weighted by molar-refractivity contribution is 5.89. The van der Waals surface area contributed by atoms with Gasteiger partial charge in [-0.3, -0.25) is 0 Å². The van der Waals surface area contributed by atoms with Crippen LogP contribution < -0.4 is 10.1 Å². The molecule has 0 spiro atoms. The molecule has 0 atom stereocenters. The molecule has 2 aromatic rings. The number of hydrogen-bond acceptors (Lipinski definition) is 2. The van der Waals surface area contributed by atoms with Gasteiger partial charge in [0.05, 0.1) is 7.11 Å². The van der Waals surface area contributed by atoms with Gasteiger partial charge < -0.3 is 15.0 Å². The molecule has 1 heterocycles. The number of carbonyl (C=O) groups is 1. The van der Waals surface area contributed by atoms with Crippen molar-refractivity contribution in [3.05, 3.63) is 60.2 Å². The molecule has 2 aromatic carbocycles. The highest BCUT2D eigenvalue weighted by Gasteiger charge is 2.22. The molecule has 0 unspecified atom stereocenters. The van der Waals surface area contributed by atoms with Crippen LogP contribution in [0.4, 0.5) is 10.5 Å². The summed E-state index contributed by atoms with van der Waals surface area (Å²) in [5.74, 6) is 1.45. The van der Waals surface area contributed by atoms with E-state index in [9.17, 15) is 4.79 Å². The number of carbonyl (C=O) groups excluding carboxylic acids is 1. The Morgan fingerprint density at radius 1 is 1.08 bits per heavy atom. The number of likely N-dealkylation sites (tertiary alicyclic amines) is 1. The number of nitrogens with one attached hydrogen (secondary N) is 1. The van der Waals surface area contributed by atoms with Crippen LogP contribution in [-0.4, -0.2) is 31.1 Å². The van der Waals surface area contributed by atoms with E-state index in [4.69, 9.17) is 4.74 Å². The minimum absolute atomic E-state index is 0.0154. The van der Waals surface area contributed by atoms with Crippen LogP contribution in [0, 0.1) is 5.92 Å². The number of anilines is 1. The Hall–Kier alpha value is -2.49. The number of rotatable bonds is 4. The maximum atomic E-state index is 12.4. The fourth-order valence-corrected chi connectivity index (χ4v) is 3.16. The first-order valence-electron chi connectivity index (χ1n) is 8.48. The van der Waals surface area contributed by atoms with Crippen LogP contribution in [0.5, 0.6) is 5.75 Å². The summed E-state index contributed by atoms with van der Waals surface area (Å²) in [6.07, 6.45) is 3.23. The molecule has 0 aromatic heterocycles. The lowest BCUT2D eigenvalue weighted by Crippen LogP contribution is -2.41. The first-order valence-corrected chi connectivity index (χ1v) is 8.48. The van der Waals surface area contributed by atoms with Crippen molar-refractivity contribution in [3.63, 3.8) is 0 Å². The van der Waals surface area contributed by atoms with Gasteiger partial charge in [-0.1, -0.05) is 30.3 Å². The SMILES string of the molecule is COc1ccc(NC(=O)N2CCC(Cc3ccccc3)CC2)cc1. The van der Waals surface area contributed by atoms with Crippen molar-refractivity contribution in [3.8, 4) is 5.75 Å². The molecule has 1 saturated heterocycles. The molecule has 0 radical (unpaired) electrons. The van der Waals surface area contributed by atoms with Gasteiger partial charge in [-0.15, -0.1) is 0 Å². The Labute approximate surface area is 143 Å². The Morgan fingerprint density at radius 3 is 2.38 bits per heavy atom. The van der Waals surface area contributed by atoms with Gasteiger partial charge >= 0.3 is 6.03 Å². The summed E-state index contributed by atoms with van der Waals surface area (Å²) in [6, 6.07) is 18.0. The summed E-state index contributed by atoms with van der Waals surface area (Å²) < 4.78 is 5.13. The number of amides is 2. The maximum Gasteiger partial charge on any atom is 0.321 e. The third-order valence-electron chi connectivity index (χ3n) is 4.61. The summed E-state index contributed by atoms with van der Waals surface area (Å²) in [6.45, 7) is 1.64. The number of benzene rings is 2. The standard InChI is InChI=1S/C20H24N2O2/c1-24-19-9-7-18(8-10-19)21-20(23)22-13-11-17(12-14-22)15-16-5-3-2-4-6-16/h2-10,17H,11-15H2,1H3,(H,21,23). The van der Waals surface area contributed by atoms with Crippen molar-refractivity contribution in [2.45, 2.75) is 19.3 Å². The monoisotopic (exact) mass is 324 g/mol. The lowest BCUT2D eigenvalue weighted by Gasteiger charge is -2.32. The van der Waals surface area contributed by atoms with Crippen LogP contribution in [0.2, 0.25) is 0 Å². The Bertz CT molecular complexity index is 647. The van der Waals surface area contributed by atoms with E-state index in [0.29, 0.717) is 5.92 Å². The number of urea groups is 1. The summed E-state index contributed by atoms with van der Waals surface area (Å²) in [7, 11) is 1.63. The van der Waals surface area contributed by atoms with Crippen molar-refractivity contribution in [2.75, 3.05) is 25.5 Å². The first-order chi connectivity index (χ1) is 11.7. The number of ether oxygens (including phenoxy) is 1. The van der Waals surface area contributed by atoms with Crippen molar-refractivity contribution in [1.29, 1.82) is 0 Å². The van der Waals surface area contributed by atoms with Crippen LogP contribution in [0.25, 0.3) is 0 Å². The van der Waals surface area contributed by atoms with Gasteiger partial charge in [0.15, 0.2) is 0 Å². The molecular weight excluding hydrogens is 300 g/mol. The van der Waals surface area contributed by atoms with Gasteiger partial charge in [0.2, 0.25) is 0 Å². The van der Waals surface area contributed by atoms with Crippen molar-refractivity contribution in [2.24, 2.45) is 5.92 Å². The molecular formula is C20H24N2O2. The van der Waals surface area contributed by atoms with Gasteiger partial charge in [-0.05, 0) is 55.0 Å². The molecule has 4 heteroatoms. The summed E-state index contributed by atoms with van der Waals surface area (Å²) in [5.41, 5.74) is 2.19. The zero-order chi connectivity index (χ0) is 16.8. The highest BCUT2D eigenvalue weighted by atomic mass is 16.5. The molecule has 1 aliphatic heterocycles. The molecule has 1 fully saturated rings. The van der Waals surface area contributed by atoms with Crippen LogP contribution in [-0.2, 0) is 6.42 Å². The van der Waals surface area contributed by atoms with Crippen LogP contribution >= 0.6 is 0 Å². The molecule has 1 aliphatic rings. The van der Waals surface area contributed by atoms with Gasteiger partial charge in [0.25, 0.3) is 0 Å². The van der Waals surface area contributed by atoms with E-state index < -0.39 is 0 Å². The Morgan fingerprint density at radius 2 is 1.75 bits per heavy atom. The Balaban J connectivity index is 1.47. The largest absolute Gasteiger partial charge is 0.497 e. The number of piperidine rings is 1. The van der Waals surface area contributed by atoms with Crippen molar-refractivity contribution in [1.82, 2.24) is 4.90 Å². The molecule has 2 amide bonds. The van der Waals surface area contributed by atoms with E-state index in [1.807, 2.05) is 29.2 Å². The maximum absolute atomic E-state index is 12.4. The van der Waals surface area contributed by atoms with Crippen molar-refractivity contribution < 1.29 is 9.53 Å². The van der Waals surface area contributed by atoms with Crippen molar-refractivity contribution >= 4 is 11.7 Å². The minimum Gasteiger partial charge on any atom is -0.497 e. The van der Waals surface area contributed by atoms with Gasteiger partial charge in [-0.25, -0.2) is 4.79 Å². The summed E-state index contributed by atoms with van der Waals surface area (Å²) in [4.78, 5) is 14.3. The molecule has 4 nitrogen and oxygen atoms in total. The zero-order valence-electron chi connectivity index (χ0n) is 14.1. The third-order valence-corrected chi connectivity index (χ3v) is 4.61. The molecule has 0 saturated carbocycles. The third kappa shape index (κ3) is 4.28. The number of hydrogen-bond donors (Lipinski definition) is 1. The predicted molar refractivity (Wildman–Crippen MR) is 96.5 cm³/mol. The second-order valence-electron chi connectivity index (χ2n) is 6.28. The molecule has 3 rings (SSSR count). The number of methoxy groups -OCH3 is 1. The average molecular weight is 324 g/mol. The second kappa shape index (κ2) is 7.86. The van der Waals surface area contributed by atoms with E-state index in [1.165, 1.54) is 5.56 Å². The lowest BCUT2D eigenvalue weighted by atomic mass is 9.90. The van der Waals surface area contributed by atoms with Crippen LogP contribution in [0.3, 0.4) is 0 Å². The Kier molecular flexibility index (Phi) is 5.36. The topological polar surface area (TPSA) is 41.6 Å². The van der Waals surface area contributed by atoms with E-state index in [2.05, 4.69) is 35.6 Å². The zero-order valence-corrected chi connectivity index (χ0v) is 14.1. The predicted octanol–water partition coefficient (Wildman–Crippen LogP) is 4.18. The first kappa shape index (κ1) is 16.4. The quantitative estimate of drug-likeness (QED) is 0.916. The van der Waals surface area contributed by atoms with Crippen LogP contribution in [0.15, 0.2) is 54.6 Å². The van der Waals surface area contributed by atoms with Gasteiger partial charge in [-0.2, -0.15) is 0 Å². The average Bonchev–Trinajstić information content (AvgIpc) is 2.64. The highest BCUT2D eigenvalue weighted by Crippen LogP contribution is 2.22. The molecule has 24 heavy (non-hydrogen) atoms. The van der Waals surface area contributed by atoms with Gasteiger partial charge in [0.1, 0.15) is 5.75 Å². The smallest absolute Gasteiger partial charge is 0.321 e. The van der Waals surface area contributed by atoms with Crippen LogP contribution in [0.1, 0.15) is 18.4 Å². The van der Waals surface area contributed by atoms with E-state index >= 15 is 0 Å². The molecule has 0 bridgehead atoms. The lowest BCUT2D eigenvalue weighted by molar-refractivity contribution is 0.182. The normalized spacial score (nSPS) is 15.1. The molecule has 126 valence electrons. The molecule has 0 aliphatic carbocycles. The summed E-state index contributed by atoms with van der Waals surface area (Å²) >= 11 is 0. The van der Waals surface area contributed by atoms with E-state index in [0.717, 1.165) is 43.8 Å². The fraction of sp³-hybridized carbons (Fsp3) is 0.350. The fourth-order valence-electron chi connectivity index (χ4n) is 3.16. The second-order valence-corrected chi connectivity index (χ2v) is 6.28. The minimum atomic E-state index is -0.0154.